The van der Waals surface area contributed by atoms with Crippen LogP contribution in [0.4, 0.5) is 9.80 Å². The maximum Gasteiger partial charge on any atom is 0.410 e. The second kappa shape index (κ2) is 10.5. The van der Waals surface area contributed by atoms with E-state index in [1.54, 1.807) is 18.7 Å². The zero-order chi connectivity index (χ0) is 21.5. The van der Waals surface area contributed by atoms with Crippen molar-refractivity contribution < 1.29 is 23.9 Å². The van der Waals surface area contributed by atoms with Gasteiger partial charge in [0.15, 0.2) is 0 Å². The summed E-state index contributed by atoms with van der Waals surface area (Å²) in [6.07, 6.45) is 0.132. The molecule has 9 heteroatoms. The summed E-state index contributed by atoms with van der Waals surface area (Å²) in [5.41, 5.74) is 1.24. The van der Waals surface area contributed by atoms with Gasteiger partial charge in [0.1, 0.15) is 5.00 Å². The number of carbonyl (C=O) groups is 3. The van der Waals surface area contributed by atoms with Gasteiger partial charge in [-0.05, 0) is 38.0 Å². The van der Waals surface area contributed by atoms with Gasteiger partial charge in [-0.25, -0.2) is 9.59 Å². The molecule has 1 aliphatic rings. The van der Waals surface area contributed by atoms with Crippen molar-refractivity contribution in [2.24, 2.45) is 0 Å². The van der Waals surface area contributed by atoms with Gasteiger partial charge < -0.3 is 19.7 Å². The Balaban J connectivity index is 1.77. The molecule has 2 aromatic rings. The Morgan fingerprint density at radius 3 is 2.57 bits per heavy atom. The smallest absolute Gasteiger partial charge is 0.410 e. The number of amides is 2. The third-order valence-corrected chi connectivity index (χ3v) is 6.57. The molecule has 0 spiro atoms. The van der Waals surface area contributed by atoms with E-state index >= 15 is 0 Å². The number of fused-ring (bicyclic) bond motifs is 1. The van der Waals surface area contributed by atoms with Crippen LogP contribution in [0.25, 0.3) is 0 Å². The summed E-state index contributed by atoms with van der Waals surface area (Å²) < 4.78 is 10.3. The Morgan fingerprint density at radius 2 is 1.87 bits per heavy atom. The van der Waals surface area contributed by atoms with Crippen molar-refractivity contribution in [2.75, 3.05) is 30.8 Å². The molecule has 2 amide bonds. The third-order valence-electron chi connectivity index (χ3n) is 4.43. The first-order valence-corrected chi connectivity index (χ1v) is 11.5. The van der Waals surface area contributed by atoms with Crippen molar-refractivity contribution in [3.8, 4) is 0 Å². The van der Waals surface area contributed by atoms with Gasteiger partial charge in [-0.2, -0.15) is 0 Å². The zero-order valence-electron chi connectivity index (χ0n) is 16.9. The summed E-state index contributed by atoms with van der Waals surface area (Å²) in [6, 6.07) is 9.64. The standard InChI is InChI=1S/C21H24N2O5S2/c1-3-27-20(25)18-15-10-11-23(21(26)28-4-2)12-16(15)30-19(18)22-17(24)13-29-14-8-6-5-7-9-14/h5-9H,3-4,10-13H2,1-2H3,(H,22,24). The number of nitrogens with zero attached hydrogens (tertiary/aromatic N) is 1. The lowest BCUT2D eigenvalue weighted by Crippen LogP contribution is -2.36. The summed E-state index contributed by atoms with van der Waals surface area (Å²) in [5.74, 6) is -0.426. The van der Waals surface area contributed by atoms with Crippen LogP contribution in [0.5, 0.6) is 0 Å². The molecule has 7 nitrogen and oxygen atoms in total. The Hall–Kier alpha value is -2.52. The van der Waals surface area contributed by atoms with E-state index in [2.05, 4.69) is 5.32 Å². The first kappa shape index (κ1) is 22.2. The quantitative estimate of drug-likeness (QED) is 0.505. The highest BCUT2D eigenvalue weighted by Gasteiger charge is 2.31. The second-order valence-corrected chi connectivity index (χ2v) is 8.60. The molecule has 0 fully saturated rings. The number of ether oxygens (including phenoxy) is 2. The van der Waals surface area contributed by atoms with Gasteiger partial charge in [0.2, 0.25) is 5.91 Å². The number of rotatable bonds is 7. The molecule has 3 rings (SSSR count). The first-order valence-electron chi connectivity index (χ1n) is 9.74. The van der Waals surface area contributed by atoms with Crippen molar-refractivity contribution in [1.29, 1.82) is 0 Å². The molecule has 2 heterocycles. The summed E-state index contributed by atoms with van der Waals surface area (Å²) in [6.45, 7) is 4.86. The summed E-state index contributed by atoms with van der Waals surface area (Å²) in [4.78, 5) is 40.7. The molecule has 30 heavy (non-hydrogen) atoms. The van der Waals surface area contributed by atoms with E-state index in [0.717, 1.165) is 15.3 Å². The van der Waals surface area contributed by atoms with Crippen molar-refractivity contribution in [1.82, 2.24) is 4.90 Å². The average molecular weight is 449 g/mol. The largest absolute Gasteiger partial charge is 0.462 e. The van der Waals surface area contributed by atoms with Gasteiger partial charge in [0, 0.05) is 16.3 Å². The number of anilines is 1. The molecular weight excluding hydrogens is 424 g/mol. The maximum atomic E-state index is 12.6. The normalized spacial score (nSPS) is 12.8. The molecule has 0 unspecified atom stereocenters. The number of nitrogens with one attached hydrogen (secondary N) is 1. The van der Waals surface area contributed by atoms with Gasteiger partial charge in [-0.15, -0.1) is 23.1 Å². The van der Waals surface area contributed by atoms with E-state index in [0.29, 0.717) is 36.7 Å². The summed E-state index contributed by atoms with van der Waals surface area (Å²) >= 11 is 2.74. The Bertz CT molecular complexity index is 914. The molecule has 1 aliphatic heterocycles. The first-order chi connectivity index (χ1) is 14.5. The van der Waals surface area contributed by atoms with Crippen LogP contribution in [0, 0.1) is 0 Å². The number of thiophene rings is 1. The lowest BCUT2D eigenvalue weighted by molar-refractivity contribution is -0.113. The molecule has 0 bridgehead atoms. The SMILES string of the molecule is CCOC(=O)c1c(NC(=O)CSc2ccccc2)sc2c1CCN(C(=O)OCC)C2. The lowest BCUT2D eigenvalue weighted by atomic mass is 10.0. The Kier molecular flexibility index (Phi) is 7.75. The molecule has 0 saturated carbocycles. The number of thioether (sulfide) groups is 1. The number of benzene rings is 1. The maximum absolute atomic E-state index is 12.6. The fourth-order valence-electron chi connectivity index (χ4n) is 3.11. The molecule has 0 atom stereocenters. The van der Waals surface area contributed by atoms with Gasteiger partial charge in [-0.1, -0.05) is 18.2 Å². The monoisotopic (exact) mass is 448 g/mol. The van der Waals surface area contributed by atoms with Gasteiger partial charge >= 0.3 is 12.1 Å². The van der Waals surface area contributed by atoms with E-state index in [1.807, 2.05) is 30.3 Å². The van der Waals surface area contributed by atoms with Gasteiger partial charge in [0.25, 0.3) is 0 Å². The van der Waals surface area contributed by atoms with Crippen LogP contribution in [-0.2, 0) is 27.2 Å². The molecule has 1 N–H and O–H groups in total. The minimum absolute atomic E-state index is 0.199. The van der Waals surface area contributed by atoms with Crippen molar-refractivity contribution in [2.45, 2.75) is 31.7 Å². The number of carbonyl (C=O) groups excluding carboxylic acids is 3. The highest BCUT2D eigenvalue weighted by molar-refractivity contribution is 8.00. The van der Waals surface area contributed by atoms with Crippen LogP contribution >= 0.6 is 23.1 Å². The highest BCUT2D eigenvalue weighted by Crippen LogP contribution is 2.38. The van der Waals surface area contributed by atoms with Crippen molar-refractivity contribution in [3.63, 3.8) is 0 Å². The molecule has 1 aromatic carbocycles. The molecule has 0 radical (unpaired) electrons. The zero-order valence-corrected chi connectivity index (χ0v) is 18.6. The van der Waals surface area contributed by atoms with Gasteiger partial charge in [-0.3, -0.25) is 4.79 Å². The third kappa shape index (κ3) is 5.34. The van der Waals surface area contributed by atoms with Crippen LogP contribution in [0.1, 0.15) is 34.6 Å². The van der Waals surface area contributed by atoms with Crippen LogP contribution in [0.2, 0.25) is 0 Å². The van der Waals surface area contributed by atoms with Crippen LogP contribution < -0.4 is 5.32 Å². The van der Waals surface area contributed by atoms with E-state index in [1.165, 1.54) is 23.1 Å². The molecule has 0 saturated heterocycles. The summed E-state index contributed by atoms with van der Waals surface area (Å²) in [5, 5.41) is 3.34. The summed E-state index contributed by atoms with van der Waals surface area (Å²) in [7, 11) is 0. The van der Waals surface area contributed by atoms with Crippen LogP contribution in [-0.4, -0.2) is 48.4 Å². The van der Waals surface area contributed by atoms with E-state index in [-0.39, 0.29) is 24.4 Å². The topological polar surface area (TPSA) is 84.9 Å². The fourth-order valence-corrected chi connectivity index (χ4v) is 5.10. The van der Waals surface area contributed by atoms with E-state index in [9.17, 15) is 14.4 Å². The second-order valence-electron chi connectivity index (χ2n) is 6.45. The minimum atomic E-state index is -0.453. The molecule has 0 aliphatic carbocycles. The molecular formula is C21H24N2O5S2. The van der Waals surface area contributed by atoms with Crippen LogP contribution in [0.15, 0.2) is 35.2 Å². The van der Waals surface area contributed by atoms with Crippen LogP contribution in [0.3, 0.4) is 0 Å². The van der Waals surface area contributed by atoms with Crippen molar-refractivity contribution in [3.05, 3.63) is 46.3 Å². The minimum Gasteiger partial charge on any atom is -0.462 e. The number of hydrogen-bond acceptors (Lipinski definition) is 7. The number of esters is 1. The predicted octanol–water partition coefficient (Wildman–Crippen LogP) is 4.17. The molecule has 160 valence electrons. The molecule has 1 aromatic heterocycles. The number of hydrogen-bond donors (Lipinski definition) is 1. The fraction of sp³-hybridized carbons (Fsp3) is 0.381. The lowest BCUT2D eigenvalue weighted by Gasteiger charge is -2.26. The van der Waals surface area contributed by atoms with E-state index in [4.69, 9.17) is 9.47 Å². The predicted molar refractivity (Wildman–Crippen MR) is 117 cm³/mol. The Labute approximate surface area is 183 Å². The highest BCUT2D eigenvalue weighted by atomic mass is 32.2. The van der Waals surface area contributed by atoms with Crippen molar-refractivity contribution >= 4 is 46.1 Å². The van der Waals surface area contributed by atoms with E-state index < -0.39 is 5.97 Å². The van der Waals surface area contributed by atoms with Gasteiger partial charge in [0.05, 0.1) is 31.1 Å². The average Bonchev–Trinajstić information content (AvgIpc) is 3.10. The Morgan fingerprint density at radius 1 is 1.13 bits per heavy atom.